The minimum Gasteiger partial charge on any atom is -0.443 e. The van der Waals surface area contributed by atoms with Crippen molar-refractivity contribution in [3.05, 3.63) is 60.6 Å². The molecule has 40 heavy (non-hydrogen) atoms. The van der Waals surface area contributed by atoms with E-state index < -0.39 is 23.4 Å². The molecule has 1 amide bonds. The largest absolute Gasteiger partial charge is 0.443 e. The van der Waals surface area contributed by atoms with Gasteiger partial charge in [-0.2, -0.15) is 9.78 Å². The maximum atomic E-state index is 13.4. The number of hydrogen-bond donors (Lipinski definition) is 1. The molecule has 0 aliphatic carbocycles. The third kappa shape index (κ3) is 6.48. The number of benzene rings is 1. The predicted molar refractivity (Wildman–Crippen MR) is 152 cm³/mol. The van der Waals surface area contributed by atoms with E-state index >= 15 is 0 Å². The lowest BCUT2D eigenvalue weighted by Gasteiger charge is -2.21. The van der Waals surface area contributed by atoms with E-state index in [0.717, 1.165) is 10.4 Å². The van der Waals surface area contributed by atoms with Crippen LogP contribution >= 0.6 is 0 Å². The molecule has 1 N–H and O–H groups in total. The Morgan fingerprint density at radius 2 is 1.50 bits per heavy atom. The fourth-order valence-electron chi connectivity index (χ4n) is 3.85. The van der Waals surface area contributed by atoms with Gasteiger partial charge in [0.05, 0.1) is 17.4 Å². The number of ether oxygens (including phenoxy) is 2. The standard InChI is InChI=1S/C29H34N6O5/c1-28(2,3)39-26(37)34-17-20(16-31-34)22-13-19-15-30-24(14-23(19)35(22)27(38)40-29(4,5)6)32-21-11-9-18(10-12-21)25(36)33(7)8/h9-17H,1-8H3,(H,30,32). The normalized spacial score (nSPS) is 11.8. The van der Waals surface area contributed by atoms with Gasteiger partial charge in [-0.05, 0) is 71.9 Å². The number of carbonyl (C=O) groups is 3. The van der Waals surface area contributed by atoms with Crippen molar-refractivity contribution in [2.45, 2.75) is 52.7 Å². The number of pyridine rings is 1. The van der Waals surface area contributed by atoms with E-state index in [0.29, 0.717) is 33.5 Å². The van der Waals surface area contributed by atoms with Crippen LogP contribution in [0.5, 0.6) is 0 Å². The molecule has 0 fully saturated rings. The van der Waals surface area contributed by atoms with Crippen LogP contribution in [0.1, 0.15) is 51.9 Å². The van der Waals surface area contributed by atoms with Crippen molar-refractivity contribution >= 4 is 40.5 Å². The number of carbonyl (C=O) groups excluding carboxylic acids is 3. The second-order valence-corrected chi connectivity index (χ2v) is 11.5. The minimum atomic E-state index is -0.745. The fourth-order valence-corrected chi connectivity index (χ4v) is 3.85. The van der Waals surface area contributed by atoms with E-state index in [4.69, 9.17) is 9.47 Å². The SMILES string of the molecule is CN(C)C(=O)c1ccc(Nc2cc3c(cn2)cc(-c2cnn(C(=O)OC(C)(C)C)c2)n3C(=O)OC(C)(C)C)cc1. The first kappa shape index (κ1) is 28.3. The summed E-state index contributed by atoms with van der Waals surface area (Å²) < 4.78 is 13.6. The fraction of sp³-hybridized carbons (Fsp3) is 0.345. The molecule has 11 nitrogen and oxygen atoms in total. The molecule has 0 aliphatic rings. The average Bonchev–Trinajstić information content (AvgIpc) is 3.47. The molecule has 0 atom stereocenters. The van der Waals surface area contributed by atoms with Crippen LogP contribution in [0.2, 0.25) is 0 Å². The Balaban J connectivity index is 1.73. The van der Waals surface area contributed by atoms with Crippen LogP contribution in [0.4, 0.5) is 21.1 Å². The number of amides is 1. The molecule has 11 heteroatoms. The highest BCUT2D eigenvalue weighted by Crippen LogP contribution is 2.31. The quantitative estimate of drug-likeness (QED) is 0.335. The van der Waals surface area contributed by atoms with E-state index in [2.05, 4.69) is 15.4 Å². The first-order chi connectivity index (χ1) is 18.6. The number of hydrogen-bond acceptors (Lipinski definition) is 8. The summed E-state index contributed by atoms with van der Waals surface area (Å²) in [6.07, 6.45) is 3.41. The van der Waals surface area contributed by atoms with Crippen LogP contribution in [-0.4, -0.2) is 67.6 Å². The lowest BCUT2D eigenvalue weighted by atomic mass is 10.2. The number of aromatic nitrogens is 4. The zero-order valence-electron chi connectivity index (χ0n) is 24.0. The number of nitrogens with zero attached hydrogens (tertiary/aromatic N) is 5. The van der Waals surface area contributed by atoms with Crippen LogP contribution in [0.3, 0.4) is 0 Å². The molecule has 0 radical (unpaired) electrons. The maximum absolute atomic E-state index is 13.4. The van der Waals surface area contributed by atoms with Gasteiger partial charge >= 0.3 is 12.2 Å². The van der Waals surface area contributed by atoms with E-state index in [1.165, 1.54) is 21.9 Å². The summed E-state index contributed by atoms with van der Waals surface area (Å²) in [5, 5.41) is 8.05. The van der Waals surface area contributed by atoms with Crippen molar-refractivity contribution in [2.75, 3.05) is 19.4 Å². The van der Waals surface area contributed by atoms with E-state index in [1.807, 2.05) is 0 Å². The summed E-state index contributed by atoms with van der Waals surface area (Å²) in [6.45, 7) is 10.7. The second-order valence-electron chi connectivity index (χ2n) is 11.5. The Kier molecular flexibility index (Phi) is 7.42. The van der Waals surface area contributed by atoms with Crippen LogP contribution in [0, 0.1) is 0 Å². The first-order valence-corrected chi connectivity index (χ1v) is 12.7. The molecule has 0 spiro atoms. The topological polar surface area (TPSA) is 121 Å². The Morgan fingerprint density at radius 1 is 0.875 bits per heavy atom. The Hall–Kier alpha value is -4.67. The summed E-state index contributed by atoms with van der Waals surface area (Å²) in [6, 6.07) is 10.5. The van der Waals surface area contributed by atoms with Gasteiger partial charge in [-0.3, -0.25) is 4.79 Å². The molecule has 0 unspecified atom stereocenters. The van der Waals surface area contributed by atoms with Gasteiger partial charge in [0.1, 0.15) is 17.0 Å². The Labute approximate surface area is 232 Å². The first-order valence-electron chi connectivity index (χ1n) is 12.7. The molecule has 0 saturated carbocycles. The highest BCUT2D eigenvalue weighted by atomic mass is 16.6. The number of nitrogens with one attached hydrogen (secondary N) is 1. The number of rotatable bonds is 4. The van der Waals surface area contributed by atoms with Crippen LogP contribution < -0.4 is 5.32 Å². The van der Waals surface area contributed by atoms with Crippen LogP contribution in [0.15, 0.2) is 55.0 Å². The summed E-state index contributed by atoms with van der Waals surface area (Å²) in [5.74, 6) is 0.391. The third-order valence-electron chi connectivity index (χ3n) is 5.53. The van der Waals surface area contributed by atoms with Gasteiger partial charge in [0.15, 0.2) is 0 Å². The van der Waals surface area contributed by atoms with E-state index in [-0.39, 0.29) is 5.91 Å². The summed E-state index contributed by atoms with van der Waals surface area (Å²) in [7, 11) is 3.40. The van der Waals surface area contributed by atoms with Crippen molar-refractivity contribution in [2.24, 2.45) is 0 Å². The van der Waals surface area contributed by atoms with Crippen molar-refractivity contribution in [1.29, 1.82) is 0 Å². The van der Waals surface area contributed by atoms with E-state index in [1.54, 1.807) is 98.2 Å². The highest BCUT2D eigenvalue weighted by molar-refractivity contribution is 5.97. The molecule has 0 aliphatic heterocycles. The smallest absolute Gasteiger partial charge is 0.435 e. The molecule has 3 heterocycles. The average molecular weight is 547 g/mol. The van der Waals surface area contributed by atoms with Crippen LogP contribution in [0.25, 0.3) is 22.2 Å². The van der Waals surface area contributed by atoms with Crippen molar-refractivity contribution in [3.63, 3.8) is 0 Å². The maximum Gasteiger partial charge on any atom is 0.435 e. The van der Waals surface area contributed by atoms with Crippen molar-refractivity contribution in [3.8, 4) is 11.3 Å². The number of fused-ring (bicyclic) bond motifs is 1. The molecule has 210 valence electrons. The molecule has 0 bridgehead atoms. The van der Waals surface area contributed by atoms with Gasteiger partial charge in [-0.1, -0.05) is 0 Å². The second kappa shape index (κ2) is 10.5. The lowest BCUT2D eigenvalue weighted by Crippen LogP contribution is -2.27. The zero-order valence-corrected chi connectivity index (χ0v) is 24.0. The molecule has 4 aromatic rings. The third-order valence-corrected chi connectivity index (χ3v) is 5.53. The van der Waals surface area contributed by atoms with Crippen molar-refractivity contribution < 1.29 is 23.9 Å². The van der Waals surface area contributed by atoms with Gasteiger partial charge in [0, 0.05) is 54.8 Å². The van der Waals surface area contributed by atoms with Gasteiger partial charge in [-0.15, -0.1) is 0 Å². The molecule has 4 rings (SSSR count). The predicted octanol–water partition coefficient (Wildman–Crippen LogP) is 5.91. The minimum absolute atomic E-state index is 0.0937. The van der Waals surface area contributed by atoms with Crippen LogP contribution in [-0.2, 0) is 9.47 Å². The van der Waals surface area contributed by atoms with Gasteiger partial charge in [-0.25, -0.2) is 19.1 Å². The molecule has 1 aromatic carbocycles. The highest BCUT2D eigenvalue weighted by Gasteiger charge is 2.25. The van der Waals surface area contributed by atoms with Crippen molar-refractivity contribution in [1.82, 2.24) is 24.2 Å². The summed E-state index contributed by atoms with van der Waals surface area (Å²) in [4.78, 5) is 44.2. The Morgan fingerprint density at radius 3 is 2.10 bits per heavy atom. The van der Waals surface area contributed by atoms with E-state index in [9.17, 15) is 14.4 Å². The van der Waals surface area contributed by atoms with Gasteiger partial charge in [0.25, 0.3) is 5.91 Å². The summed E-state index contributed by atoms with van der Waals surface area (Å²) >= 11 is 0. The number of anilines is 2. The molecule has 0 saturated heterocycles. The summed E-state index contributed by atoms with van der Waals surface area (Å²) in [5.41, 5.74) is 1.39. The molecular formula is C29H34N6O5. The zero-order chi connectivity index (χ0) is 29.4. The molecular weight excluding hydrogens is 512 g/mol. The Bertz CT molecular complexity index is 1570. The monoisotopic (exact) mass is 546 g/mol. The van der Waals surface area contributed by atoms with Gasteiger partial charge < -0.3 is 19.7 Å². The molecule has 3 aromatic heterocycles. The lowest BCUT2D eigenvalue weighted by molar-refractivity contribution is 0.0512. The van der Waals surface area contributed by atoms with Gasteiger partial charge in [0.2, 0.25) is 0 Å².